The largest absolute Gasteiger partial charge is 0.366 e. The van der Waals surface area contributed by atoms with E-state index < -0.39 is 6.10 Å². The van der Waals surface area contributed by atoms with E-state index in [4.69, 9.17) is 27.9 Å². The highest BCUT2D eigenvalue weighted by Gasteiger charge is 2.20. The Morgan fingerprint density at radius 1 is 1.37 bits per heavy atom. The molecule has 1 saturated heterocycles. The minimum Gasteiger partial charge on any atom is -0.366 e. The summed E-state index contributed by atoms with van der Waals surface area (Å²) >= 11 is 11.8. The van der Waals surface area contributed by atoms with Gasteiger partial charge >= 0.3 is 0 Å². The molecular formula is C13H16Cl2N2O2. The topological polar surface area (TPSA) is 50.4 Å². The first-order valence-corrected chi connectivity index (χ1v) is 6.96. The monoisotopic (exact) mass is 302 g/mol. The normalized spacial score (nSPS) is 19.2. The molecule has 0 saturated carbocycles. The fourth-order valence-corrected chi connectivity index (χ4v) is 2.50. The van der Waals surface area contributed by atoms with E-state index >= 15 is 0 Å². The van der Waals surface area contributed by atoms with E-state index in [2.05, 4.69) is 10.6 Å². The Labute approximate surface area is 122 Å². The molecule has 0 aliphatic carbocycles. The van der Waals surface area contributed by atoms with Gasteiger partial charge in [-0.1, -0.05) is 23.2 Å². The molecule has 1 atom stereocenters. The predicted octanol–water partition coefficient (Wildman–Crippen LogP) is 1.64. The van der Waals surface area contributed by atoms with Crippen LogP contribution in [0.15, 0.2) is 18.2 Å². The molecule has 1 aromatic carbocycles. The van der Waals surface area contributed by atoms with Gasteiger partial charge in [0.2, 0.25) is 5.91 Å². The van der Waals surface area contributed by atoms with Crippen LogP contribution in [-0.2, 0) is 16.0 Å². The average Bonchev–Trinajstić information content (AvgIpc) is 2.38. The van der Waals surface area contributed by atoms with E-state index in [0.717, 1.165) is 12.1 Å². The highest BCUT2D eigenvalue weighted by atomic mass is 35.5. The van der Waals surface area contributed by atoms with E-state index in [1.165, 1.54) is 0 Å². The first-order valence-electron chi connectivity index (χ1n) is 6.20. The Kier molecular flexibility index (Phi) is 5.45. The van der Waals surface area contributed by atoms with E-state index in [9.17, 15) is 4.79 Å². The number of benzene rings is 1. The van der Waals surface area contributed by atoms with Crippen LogP contribution in [0, 0.1) is 0 Å². The molecule has 1 unspecified atom stereocenters. The first-order chi connectivity index (χ1) is 9.15. The quantitative estimate of drug-likeness (QED) is 0.889. The third-order valence-electron chi connectivity index (χ3n) is 2.86. The number of ether oxygens (including phenoxy) is 1. The fraction of sp³-hybridized carbons (Fsp3) is 0.462. The standard InChI is InChI=1S/C13H16Cl2N2O2/c14-10-5-9(6-11(15)7-10)1-2-17-13(18)12-8-16-3-4-19-12/h5-7,12,16H,1-4,8H2,(H,17,18). The molecule has 0 aromatic heterocycles. The summed E-state index contributed by atoms with van der Waals surface area (Å²) in [5.74, 6) is -0.0830. The highest BCUT2D eigenvalue weighted by molar-refractivity contribution is 6.34. The van der Waals surface area contributed by atoms with E-state index in [1.54, 1.807) is 6.07 Å². The molecule has 2 rings (SSSR count). The molecule has 0 bridgehead atoms. The first kappa shape index (κ1) is 14.6. The molecule has 1 aliphatic heterocycles. The van der Waals surface area contributed by atoms with E-state index in [0.29, 0.717) is 36.2 Å². The molecule has 1 heterocycles. The van der Waals surface area contributed by atoms with Crippen LogP contribution in [0.25, 0.3) is 0 Å². The van der Waals surface area contributed by atoms with Crippen molar-refractivity contribution in [3.05, 3.63) is 33.8 Å². The Bertz CT molecular complexity index is 428. The van der Waals surface area contributed by atoms with Crippen molar-refractivity contribution in [1.29, 1.82) is 0 Å². The molecule has 1 aliphatic rings. The van der Waals surface area contributed by atoms with Gasteiger partial charge in [-0.15, -0.1) is 0 Å². The van der Waals surface area contributed by atoms with Crippen LogP contribution in [0.4, 0.5) is 0 Å². The van der Waals surface area contributed by atoms with Gasteiger partial charge in [0.25, 0.3) is 0 Å². The average molecular weight is 303 g/mol. The third-order valence-corrected chi connectivity index (χ3v) is 3.29. The van der Waals surface area contributed by atoms with Gasteiger partial charge in [-0.05, 0) is 30.2 Å². The second kappa shape index (κ2) is 7.10. The lowest BCUT2D eigenvalue weighted by Gasteiger charge is -2.22. The lowest BCUT2D eigenvalue weighted by Crippen LogP contribution is -2.48. The van der Waals surface area contributed by atoms with Gasteiger partial charge in [0.05, 0.1) is 6.61 Å². The summed E-state index contributed by atoms with van der Waals surface area (Å²) in [6, 6.07) is 5.38. The van der Waals surface area contributed by atoms with Crippen molar-refractivity contribution < 1.29 is 9.53 Å². The van der Waals surface area contributed by atoms with Gasteiger partial charge in [0.1, 0.15) is 6.10 Å². The van der Waals surface area contributed by atoms with Crippen molar-refractivity contribution in [2.45, 2.75) is 12.5 Å². The van der Waals surface area contributed by atoms with Crippen molar-refractivity contribution in [2.24, 2.45) is 0 Å². The van der Waals surface area contributed by atoms with Gasteiger partial charge in [-0.25, -0.2) is 0 Å². The van der Waals surface area contributed by atoms with Crippen LogP contribution in [0.3, 0.4) is 0 Å². The molecule has 1 amide bonds. The molecular weight excluding hydrogens is 287 g/mol. The Morgan fingerprint density at radius 3 is 2.74 bits per heavy atom. The molecule has 104 valence electrons. The minimum absolute atomic E-state index is 0.0830. The number of hydrogen-bond acceptors (Lipinski definition) is 3. The maximum Gasteiger partial charge on any atom is 0.250 e. The van der Waals surface area contributed by atoms with Gasteiger partial charge in [0.15, 0.2) is 0 Å². The number of rotatable bonds is 4. The zero-order valence-electron chi connectivity index (χ0n) is 10.4. The van der Waals surface area contributed by atoms with Crippen LogP contribution < -0.4 is 10.6 Å². The molecule has 1 aromatic rings. The van der Waals surface area contributed by atoms with Crippen molar-refractivity contribution in [3.8, 4) is 0 Å². The van der Waals surface area contributed by atoms with Crippen LogP contribution in [-0.4, -0.2) is 38.3 Å². The molecule has 6 heteroatoms. The Hall–Kier alpha value is -0.810. The number of halogens is 2. The van der Waals surface area contributed by atoms with E-state index in [-0.39, 0.29) is 5.91 Å². The molecule has 0 spiro atoms. The van der Waals surface area contributed by atoms with E-state index in [1.807, 2.05) is 12.1 Å². The summed E-state index contributed by atoms with van der Waals surface area (Å²) in [6.07, 6.45) is 0.295. The number of nitrogens with one attached hydrogen (secondary N) is 2. The van der Waals surface area contributed by atoms with Crippen molar-refractivity contribution >= 4 is 29.1 Å². The van der Waals surface area contributed by atoms with Gasteiger partial charge in [0, 0.05) is 29.7 Å². The summed E-state index contributed by atoms with van der Waals surface area (Å²) < 4.78 is 5.36. The maximum atomic E-state index is 11.8. The minimum atomic E-state index is -0.392. The third kappa shape index (κ3) is 4.66. The molecule has 0 radical (unpaired) electrons. The summed E-state index contributed by atoms with van der Waals surface area (Å²) in [4.78, 5) is 11.8. The lowest BCUT2D eigenvalue weighted by molar-refractivity contribution is -0.134. The zero-order valence-corrected chi connectivity index (χ0v) is 11.9. The Morgan fingerprint density at radius 2 is 2.11 bits per heavy atom. The van der Waals surface area contributed by atoms with Crippen molar-refractivity contribution in [1.82, 2.24) is 10.6 Å². The van der Waals surface area contributed by atoms with Crippen LogP contribution in [0.1, 0.15) is 5.56 Å². The Balaban J connectivity index is 1.77. The van der Waals surface area contributed by atoms with Crippen LogP contribution in [0.5, 0.6) is 0 Å². The molecule has 2 N–H and O–H groups in total. The van der Waals surface area contributed by atoms with Gasteiger partial charge < -0.3 is 15.4 Å². The van der Waals surface area contributed by atoms with Crippen molar-refractivity contribution in [2.75, 3.05) is 26.2 Å². The number of hydrogen-bond donors (Lipinski definition) is 2. The van der Waals surface area contributed by atoms with Gasteiger partial charge in [-0.2, -0.15) is 0 Å². The number of carbonyl (C=O) groups excluding carboxylic acids is 1. The second-order valence-electron chi connectivity index (χ2n) is 4.38. The SMILES string of the molecule is O=C(NCCc1cc(Cl)cc(Cl)c1)C1CNCCO1. The lowest BCUT2D eigenvalue weighted by atomic mass is 10.1. The van der Waals surface area contributed by atoms with Gasteiger partial charge in [-0.3, -0.25) is 4.79 Å². The highest BCUT2D eigenvalue weighted by Crippen LogP contribution is 2.19. The number of amides is 1. The summed E-state index contributed by atoms with van der Waals surface area (Å²) in [7, 11) is 0. The van der Waals surface area contributed by atoms with Crippen LogP contribution in [0.2, 0.25) is 10.0 Å². The smallest absolute Gasteiger partial charge is 0.250 e. The number of carbonyl (C=O) groups is 1. The van der Waals surface area contributed by atoms with Crippen molar-refractivity contribution in [3.63, 3.8) is 0 Å². The second-order valence-corrected chi connectivity index (χ2v) is 5.26. The molecule has 1 fully saturated rings. The summed E-state index contributed by atoms with van der Waals surface area (Å²) in [5, 5.41) is 7.18. The molecule has 4 nitrogen and oxygen atoms in total. The summed E-state index contributed by atoms with van der Waals surface area (Å²) in [6.45, 7) is 2.47. The fourth-order valence-electron chi connectivity index (χ4n) is 1.93. The zero-order chi connectivity index (χ0) is 13.7. The number of morpholine rings is 1. The maximum absolute atomic E-state index is 11.8. The molecule has 19 heavy (non-hydrogen) atoms. The predicted molar refractivity (Wildman–Crippen MR) is 75.8 cm³/mol. The van der Waals surface area contributed by atoms with Crippen LogP contribution >= 0.6 is 23.2 Å². The summed E-state index contributed by atoms with van der Waals surface area (Å²) in [5.41, 5.74) is 1.00.